The Morgan fingerprint density at radius 2 is 1.24 bits per heavy atom. The molecule has 0 aliphatic heterocycles. The van der Waals surface area contributed by atoms with Crippen LogP contribution in [-0.2, 0) is 0 Å². The molecule has 0 bridgehead atoms. The van der Waals surface area contributed by atoms with Crippen molar-refractivity contribution in [2.75, 3.05) is 0 Å². The fourth-order valence-corrected chi connectivity index (χ4v) is 7.06. The molecule has 2 saturated carbocycles. The highest BCUT2D eigenvalue weighted by Crippen LogP contribution is 2.47. The average molecular weight is 487 g/mol. The summed E-state index contributed by atoms with van der Waals surface area (Å²) in [7, 11) is 0. The second kappa shape index (κ2) is 9.49. The minimum absolute atomic E-state index is 0.228. The van der Waals surface area contributed by atoms with E-state index in [4.69, 9.17) is 4.42 Å². The van der Waals surface area contributed by atoms with Crippen LogP contribution < -0.4 is 0 Å². The number of ketones is 1. The molecule has 1 heterocycles. The van der Waals surface area contributed by atoms with E-state index in [0.717, 1.165) is 51.8 Å². The van der Waals surface area contributed by atoms with E-state index in [1.165, 1.54) is 68.1 Å². The number of carbonyl (C=O) groups excluding carboxylic acids is 1. The molecule has 3 aliphatic carbocycles. The van der Waals surface area contributed by atoms with Crippen LogP contribution in [0.4, 0.5) is 0 Å². The number of furan rings is 1. The van der Waals surface area contributed by atoms with E-state index in [2.05, 4.69) is 72.8 Å². The van der Waals surface area contributed by atoms with Crippen LogP contribution in [0, 0.1) is 5.92 Å². The monoisotopic (exact) mass is 486 g/mol. The van der Waals surface area contributed by atoms with Crippen LogP contribution in [0.2, 0.25) is 0 Å². The van der Waals surface area contributed by atoms with Crippen molar-refractivity contribution in [3.8, 4) is 22.5 Å². The number of allylic oxidation sites excluding steroid dienone is 1. The fraction of sp³-hybridized carbons (Fsp3) is 0.343. The van der Waals surface area contributed by atoms with Gasteiger partial charge in [-0.25, -0.2) is 0 Å². The van der Waals surface area contributed by atoms with Gasteiger partial charge in [0.1, 0.15) is 11.3 Å². The maximum Gasteiger partial charge on any atom is 0.190 e. The lowest BCUT2D eigenvalue weighted by atomic mass is 9.76. The molecular weight excluding hydrogens is 452 g/mol. The summed E-state index contributed by atoms with van der Waals surface area (Å²) < 4.78 is 6.81. The van der Waals surface area contributed by atoms with E-state index in [1.807, 2.05) is 0 Å². The third-order valence-electron chi connectivity index (χ3n) is 9.06. The molecule has 2 fully saturated rings. The lowest BCUT2D eigenvalue weighted by Crippen LogP contribution is -2.19. The zero-order chi connectivity index (χ0) is 24.8. The highest BCUT2D eigenvalue weighted by atomic mass is 16.3. The van der Waals surface area contributed by atoms with Crippen LogP contribution in [0.3, 0.4) is 0 Å². The molecule has 3 aliphatic rings. The largest absolute Gasteiger partial charge is 0.455 e. The summed E-state index contributed by atoms with van der Waals surface area (Å²) in [6.45, 7) is 0. The number of hydrogen-bond acceptors (Lipinski definition) is 2. The van der Waals surface area contributed by atoms with Crippen LogP contribution in [0.15, 0.2) is 76.7 Å². The SMILES string of the molecule is O=C1C(C2CCCCC2)=Cc2c(-c3ccc(-c4ccccc4)cc3)oc3c(C4CCCCC4)ccc1c23. The molecule has 2 nitrogen and oxygen atoms in total. The van der Waals surface area contributed by atoms with E-state index >= 15 is 0 Å². The van der Waals surface area contributed by atoms with E-state index in [-0.39, 0.29) is 5.78 Å². The Kier molecular flexibility index (Phi) is 5.84. The van der Waals surface area contributed by atoms with Gasteiger partial charge in [-0.15, -0.1) is 0 Å². The molecule has 1 aromatic heterocycles. The minimum Gasteiger partial charge on any atom is -0.455 e. The van der Waals surface area contributed by atoms with Crippen LogP contribution in [0.25, 0.3) is 39.5 Å². The maximum atomic E-state index is 13.8. The third kappa shape index (κ3) is 3.98. The Balaban J connectivity index is 1.39. The molecule has 186 valence electrons. The normalized spacial score (nSPS) is 18.8. The zero-order valence-corrected chi connectivity index (χ0v) is 21.5. The highest BCUT2D eigenvalue weighted by molar-refractivity contribution is 6.24. The number of carbonyl (C=O) groups is 1. The molecule has 37 heavy (non-hydrogen) atoms. The van der Waals surface area contributed by atoms with Crippen LogP contribution in [-0.4, -0.2) is 5.78 Å². The van der Waals surface area contributed by atoms with Crippen LogP contribution in [0.1, 0.15) is 91.6 Å². The first kappa shape index (κ1) is 22.8. The molecular formula is C35H34O2. The van der Waals surface area contributed by atoms with Gasteiger partial charge in [0.25, 0.3) is 0 Å². The summed E-state index contributed by atoms with van der Waals surface area (Å²) in [5.41, 5.74) is 8.72. The Labute approximate surface area is 219 Å². The van der Waals surface area contributed by atoms with Gasteiger partial charge in [-0.2, -0.15) is 0 Å². The molecule has 3 aromatic carbocycles. The summed E-state index contributed by atoms with van der Waals surface area (Å²) in [5, 5.41) is 1.05. The summed E-state index contributed by atoms with van der Waals surface area (Å²) in [6, 6.07) is 23.6. The lowest BCUT2D eigenvalue weighted by molar-refractivity contribution is 0.102. The molecule has 0 spiro atoms. The Hall–Kier alpha value is -3.39. The number of Topliss-reactive ketones (excluding diaryl/α,β-unsaturated/α-hetero) is 1. The van der Waals surface area contributed by atoms with Crippen molar-refractivity contribution in [3.05, 3.63) is 89.0 Å². The van der Waals surface area contributed by atoms with Gasteiger partial charge >= 0.3 is 0 Å². The summed E-state index contributed by atoms with van der Waals surface area (Å²) >= 11 is 0. The van der Waals surface area contributed by atoms with Gasteiger partial charge in [-0.1, -0.05) is 99.2 Å². The average Bonchev–Trinajstić information content (AvgIpc) is 3.36. The summed E-state index contributed by atoms with van der Waals surface area (Å²) in [5.74, 6) is 2.03. The molecule has 0 unspecified atom stereocenters. The van der Waals surface area contributed by atoms with Gasteiger partial charge in [0, 0.05) is 27.6 Å². The van der Waals surface area contributed by atoms with Crippen LogP contribution >= 0.6 is 0 Å². The molecule has 0 radical (unpaired) electrons. The Bertz CT molecular complexity index is 1470. The van der Waals surface area contributed by atoms with E-state index in [9.17, 15) is 4.79 Å². The summed E-state index contributed by atoms with van der Waals surface area (Å²) in [6.07, 6.45) is 14.5. The topological polar surface area (TPSA) is 30.2 Å². The minimum atomic E-state index is 0.228. The second-order valence-corrected chi connectivity index (χ2v) is 11.3. The van der Waals surface area contributed by atoms with E-state index in [1.54, 1.807) is 0 Å². The first-order valence-corrected chi connectivity index (χ1v) is 14.3. The molecule has 0 atom stereocenters. The highest BCUT2D eigenvalue weighted by Gasteiger charge is 2.33. The van der Waals surface area contributed by atoms with Crippen molar-refractivity contribution in [2.45, 2.75) is 70.1 Å². The predicted octanol–water partition coefficient (Wildman–Crippen LogP) is 9.97. The molecule has 7 rings (SSSR count). The number of benzene rings is 3. The first-order valence-electron chi connectivity index (χ1n) is 14.3. The first-order chi connectivity index (χ1) is 18.3. The predicted molar refractivity (Wildman–Crippen MR) is 152 cm³/mol. The van der Waals surface area contributed by atoms with Gasteiger partial charge in [-0.05, 0) is 66.4 Å². The van der Waals surface area contributed by atoms with E-state index < -0.39 is 0 Å². The molecule has 0 amide bonds. The Morgan fingerprint density at radius 1 is 0.622 bits per heavy atom. The smallest absolute Gasteiger partial charge is 0.190 e. The molecule has 0 saturated heterocycles. The van der Waals surface area contributed by atoms with Crippen LogP contribution in [0.5, 0.6) is 0 Å². The van der Waals surface area contributed by atoms with Gasteiger partial charge in [0.05, 0.1) is 0 Å². The molecule has 0 N–H and O–H groups in total. The fourth-order valence-electron chi connectivity index (χ4n) is 7.06. The maximum absolute atomic E-state index is 13.8. The van der Waals surface area contributed by atoms with Crippen molar-refractivity contribution >= 4 is 22.8 Å². The van der Waals surface area contributed by atoms with Gasteiger partial charge in [0.15, 0.2) is 5.78 Å². The van der Waals surface area contributed by atoms with Gasteiger partial charge in [-0.3, -0.25) is 4.79 Å². The van der Waals surface area contributed by atoms with Gasteiger partial charge < -0.3 is 4.42 Å². The number of hydrogen-bond donors (Lipinski definition) is 0. The van der Waals surface area contributed by atoms with Crippen molar-refractivity contribution < 1.29 is 9.21 Å². The quantitative estimate of drug-likeness (QED) is 0.287. The third-order valence-corrected chi connectivity index (χ3v) is 9.06. The standard InChI is InChI=1S/C35H34O2/c36-33-29-21-20-28(25-12-6-2-7-13-25)35-32(29)31(22-30(33)26-14-8-3-9-15-26)34(37-35)27-18-16-24(17-19-27)23-10-4-1-5-11-23/h1,4-5,10-11,16-22,25-26H,2-3,6-9,12-15H2. The number of rotatable bonds is 4. The van der Waals surface area contributed by atoms with Crippen molar-refractivity contribution in [3.63, 3.8) is 0 Å². The second-order valence-electron chi connectivity index (χ2n) is 11.3. The Morgan fingerprint density at radius 3 is 1.95 bits per heavy atom. The summed E-state index contributed by atoms with van der Waals surface area (Å²) in [4.78, 5) is 13.8. The van der Waals surface area contributed by atoms with Crippen molar-refractivity contribution in [1.29, 1.82) is 0 Å². The lowest BCUT2D eigenvalue weighted by Gasteiger charge is -2.26. The molecule has 2 heteroatoms. The van der Waals surface area contributed by atoms with E-state index in [0.29, 0.717) is 11.8 Å². The van der Waals surface area contributed by atoms with Crippen molar-refractivity contribution in [1.82, 2.24) is 0 Å². The molecule has 4 aromatic rings. The zero-order valence-electron chi connectivity index (χ0n) is 21.5. The van der Waals surface area contributed by atoms with Gasteiger partial charge in [0.2, 0.25) is 0 Å². The van der Waals surface area contributed by atoms with Crippen molar-refractivity contribution in [2.24, 2.45) is 5.92 Å².